The normalized spacial score (nSPS) is 19.6. The maximum Gasteiger partial charge on any atom is 0.145 e. The van der Waals surface area contributed by atoms with E-state index in [4.69, 9.17) is 4.74 Å². The number of nitrogens with zero attached hydrogens (tertiary/aromatic N) is 2. The maximum absolute atomic E-state index is 5.39. The van der Waals surface area contributed by atoms with Gasteiger partial charge in [0.2, 0.25) is 0 Å². The van der Waals surface area contributed by atoms with Crippen molar-refractivity contribution in [2.75, 3.05) is 20.2 Å². The molecule has 18 heavy (non-hydrogen) atoms. The van der Waals surface area contributed by atoms with Gasteiger partial charge in [0.25, 0.3) is 0 Å². The van der Waals surface area contributed by atoms with Crippen LogP contribution in [-0.4, -0.2) is 29.6 Å². The number of aromatic nitrogens is 2. The van der Waals surface area contributed by atoms with E-state index >= 15 is 0 Å². The largest absolute Gasteiger partial charge is 0.494 e. The van der Waals surface area contributed by atoms with Crippen LogP contribution in [-0.2, 0) is 6.42 Å². The Morgan fingerprint density at radius 2 is 2.50 bits per heavy atom. The van der Waals surface area contributed by atoms with Crippen molar-refractivity contribution in [3.8, 4) is 5.75 Å². The van der Waals surface area contributed by atoms with Crippen molar-refractivity contribution < 1.29 is 4.74 Å². The summed E-state index contributed by atoms with van der Waals surface area (Å²) in [6, 6.07) is 3.96. The highest BCUT2D eigenvalue weighted by Gasteiger charge is 2.19. The highest BCUT2D eigenvalue weighted by molar-refractivity contribution is 9.10. The van der Waals surface area contributed by atoms with Crippen LogP contribution < -0.4 is 10.1 Å². The van der Waals surface area contributed by atoms with Gasteiger partial charge in [-0.1, -0.05) is 0 Å². The molecule has 3 rings (SSSR count). The molecule has 96 valence electrons. The zero-order valence-corrected chi connectivity index (χ0v) is 11.9. The third kappa shape index (κ3) is 2.01. The fourth-order valence-corrected chi connectivity index (χ4v) is 3.17. The van der Waals surface area contributed by atoms with E-state index in [1.165, 1.54) is 6.42 Å². The van der Waals surface area contributed by atoms with Crippen LogP contribution >= 0.6 is 15.9 Å². The summed E-state index contributed by atoms with van der Waals surface area (Å²) in [7, 11) is 1.69. The smallest absolute Gasteiger partial charge is 0.145 e. The Morgan fingerprint density at radius 1 is 1.61 bits per heavy atom. The first-order chi connectivity index (χ1) is 8.79. The molecule has 3 heterocycles. The van der Waals surface area contributed by atoms with Crippen molar-refractivity contribution in [2.24, 2.45) is 5.92 Å². The lowest BCUT2D eigenvalue weighted by Gasteiger charge is -2.08. The van der Waals surface area contributed by atoms with Crippen LogP contribution in [0.3, 0.4) is 0 Å². The molecule has 2 aromatic rings. The molecule has 1 fully saturated rings. The Labute approximate surface area is 114 Å². The number of pyridine rings is 1. The summed E-state index contributed by atoms with van der Waals surface area (Å²) in [6.07, 6.45) is 4.29. The Hall–Kier alpha value is -1.07. The first-order valence-corrected chi connectivity index (χ1v) is 6.99. The van der Waals surface area contributed by atoms with Gasteiger partial charge in [0.15, 0.2) is 0 Å². The molecule has 1 unspecified atom stereocenters. The molecule has 1 atom stereocenters. The summed E-state index contributed by atoms with van der Waals surface area (Å²) in [5, 5.41) is 3.40. The quantitative estimate of drug-likeness (QED) is 0.945. The van der Waals surface area contributed by atoms with Crippen LogP contribution in [0.2, 0.25) is 0 Å². The number of fused-ring (bicyclic) bond motifs is 1. The molecule has 4 nitrogen and oxygen atoms in total. The molecular formula is C13H16BrN3O. The molecule has 0 amide bonds. The Balaban J connectivity index is 2.02. The van der Waals surface area contributed by atoms with Gasteiger partial charge in [-0.15, -0.1) is 0 Å². The average Bonchev–Trinajstić information content (AvgIpc) is 2.99. The SMILES string of the molecule is COc1cccn2c(CC3CCNC3)nc(Br)c12. The summed E-state index contributed by atoms with van der Waals surface area (Å²) in [5.74, 6) is 2.64. The minimum Gasteiger partial charge on any atom is -0.494 e. The number of methoxy groups -OCH3 is 1. The van der Waals surface area contributed by atoms with Crippen LogP contribution in [0.25, 0.3) is 5.52 Å². The molecular weight excluding hydrogens is 294 g/mol. The minimum absolute atomic E-state index is 0.689. The fraction of sp³-hybridized carbons (Fsp3) is 0.462. The van der Waals surface area contributed by atoms with E-state index in [1.54, 1.807) is 7.11 Å². The monoisotopic (exact) mass is 309 g/mol. The second-order valence-corrected chi connectivity index (χ2v) is 5.43. The third-order valence-electron chi connectivity index (χ3n) is 3.51. The van der Waals surface area contributed by atoms with Crippen LogP contribution in [0.1, 0.15) is 12.2 Å². The Kier molecular flexibility index (Phi) is 3.26. The zero-order valence-electron chi connectivity index (χ0n) is 10.3. The van der Waals surface area contributed by atoms with Crippen LogP contribution in [0.4, 0.5) is 0 Å². The second-order valence-electron chi connectivity index (χ2n) is 4.68. The molecule has 0 spiro atoms. The maximum atomic E-state index is 5.39. The number of imidazole rings is 1. The van der Waals surface area contributed by atoms with Gasteiger partial charge in [-0.3, -0.25) is 4.40 Å². The van der Waals surface area contributed by atoms with Gasteiger partial charge in [-0.2, -0.15) is 0 Å². The lowest BCUT2D eigenvalue weighted by molar-refractivity contribution is 0.417. The highest BCUT2D eigenvalue weighted by atomic mass is 79.9. The van der Waals surface area contributed by atoms with Crippen molar-refractivity contribution >= 4 is 21.4 Å². The molecule has 0 aliphatic carbocycles. The topological polar surface area (TPSA) is 38.6 Å². The van der Waals surface area contributed by atoms with Crippen molar-refractivity contribution in [2.45, 2.75) is 12.8 Å². The van der Waals surface area contributed by atoms with Crippen LogP contribution in [0, 0.1) is 5.92 Å². The lowest BCUT2D eigenvalue weighted by Crippen LogP contribution is -2.12. The minimum atomic E-state index is 0.689. The van der Waals surface area contributed by atoms with E-state index < -0.39 is 0 Å². The third-order valence-corrected chi connectivity index (χ3v) is 4.06. The Morgan fingerprint density at radius 3 is 3.22 bits per heavy atom. The van der Waals surface area contributed by atoms with Gasteiger partial charge in [-0.05, 0) is 53.5 Å². The molecule has 1 aliphatic heterocycles. The summed E-state index contributed by atoms with van der Waals surface area (Å²) >= 11 is 3.53. The van der Waals surface area contributed by atoms with Crippen molar-refractivity contribution in [1.82, 2.24) is 14.7 Å². The van der Waals surface area contributed by atoms with Crippen molar-refractivity contribution in [1.29, 1.82) is 0 Å². The highest BCUT2D eigenvalue weighted by Crippen LogP contribution is 2.29. The standard InChI is InChI=1S/C13H16BrN3O/c1-18-10-3-2-6-17-11(16-13(14)12(10)17)7-9-4-5-15-8-9/h2-3,6,9,15H,4-5,7-8H2,1H3. The van der Waals surface area contributed by atoms with E-state index in [9.17, 15) is 0 Å². The summed E-state index contributed by atoms with van der Waals surface area (Å²) in [5.41, 5.74) is 1.01. The van der Waals surface area contributed by atoms with E-state index in [1.807, 2.05) is 18.3 Å². The van der Waals surface area contributed by atoms with Crippen LogP contribution in [0.5, 0.6) is 5.75 Å². The predicted octanol–water partition coefficient (Wildman–Crippen LogP) is 2.26. The van der Waals surface area contributed by atoms with Gasteiger partial charge >= 0.3 is 0 Å². The van der Waals surface area contributed by atoms with Gasteiger partial charge < -0.3 is 10.1 Å². The number of hydrogen-bond donors (Lipinski definition) is 1. The zero-order chi connectivity index (χ0) is 12.5. The van der Waals surface area contributed by atoms with Crippen LogP contribution in [0.15, 0.2) is 22.9 Å². The summed E-state index contributed by atoms with van der Waals surface area (Å²) in [6.45, 7) is 2.22. The molecule has 0 radical (unpaired) electrons. The molecule has 0 bridgehead atoms. The Bertz CT molecular complexity index is 561. The molecule has 0 saturated carbocycles. The number of ether oxygens (including phenoxy) is 1. The molecule has 1 saturated heterocycles. The predicted molar refractivity (Wildman–Crippen MR) is 74.1 cm³/mol. The van der Waals surface area contributed by atoms with Gasteiger partial charge in [0, 0.05) is 12.6 Å². The fourth-order valence-electron chi connectivity index (χ4n) is 2.58. The van der Waals surface area contributed by atoms with E-state index in [0.29, 0.717) is 5.92 Å². The first-order valence-electron chi connectivity index (χ1n) is 6.19. The number of nitrogens with one attached hydrogen (secondary N) is 1. The number of rotatable bonds is 3. The van der Waals surface area contributed by atoms with Gasteiger partial charge in [0.1, 0.15) is 21.7 Å². The van der Waals surface area contributed by atoms with E-state index in [2.05, 4.69) is 30.6 Å². The average molecular weight is 310 g/mol. The van der Waals surface area contributed by atoms with E-state index in [-0.39, 0.29) is 0 Å². The number of hydrogen-bond acceptors (Lipinski definition) is 3. The molecule has 5 heteroatoms. The molecule has 1 aliphatic rings. The number of halogens is 1. The summed E-state index contributed by atoms with van der Waals surface area (Å²) in [4.78, 5) is 4.63. The van der Waals surface area contributed by atoms with Gasteiger partial charge in [-0.25, -0.2) is 4.98 Å². The van der Waals surface area contributed by atoms with Gasteiger partial charge in [0.05, 0.1) is 7.11 Å². The van der Waals surface area contributed by atoms with E-state index in [0.717, 1.165) is 41.2 Å². The molecule has 2 aromatic heterocycles. The first kappa shape index (κ1) is 12.0. The second kappa shape index (κ2) is 4.90. The lowest BCUT2D eigenvalue weighted by atomic mass is 10.1. The molecule has 0 aromatic carbocycles. The van der Waals surface area contributed by atoms with Crippen molar-refractivity contribution in [3.63, 3.8) is 0 Å². The molecule has 1 N–H and O–H groups in total. The van der Waals surface area contributed by atoms with Crippen molar-refractivity contribution in [3.05, 3.63) is 28.8 Å². The summed E-state index contributed by atoms with van der Waals surface area (Å²) < 4.78 is 8.38.